The first-order valence-electron chi connectivity index (χ1n) is 2.29. The third-order valence-electron chi connectivity index (χ3n) is 0.418. The normalized spacial score (nSPS) is 11.7. The molecule has 84 valence electrons. The van der Waals surface area contributed by atoms with E-state index in [4.69, 9.17) is 0 Å². The average Bonchev–Trinajstić information content (AvgIpc) is 2.15. The van der Waals surface area contributed by atoms with Gasteiger partial charge in [0.2, 0.25) is 0 Å². The van der Waals surface area contributed by atoms with Gasteiger partial charge in [0.1, 0.15) is 0 Å². The average molecular weight is 232 g/mol. The fourth-order valence-corrected chi connectivity index (χ4v) is 0.0571. The van der Waals surface area contributed by atoms with E-state index in [1.807, 2.05) is 0 Å². The van der Waals surface area contributed by atoms with E-state index in [0.29, 0.717) is 0 Å². The molecule has 0 fully saturated rings. The zero-order valence-corrected chi connectivity index (χ0v) is 5.81. The molecule has 0 atom stereocenters. The molecule has 12 heteroatoms. The summed E-state index contributed by atoms with van der Waals surface area (Å²) in [6, 6.07) is 0. The van der Waals surface area contributed by atoms with Gasteiger partial charge in [-0.1, -0.05) is 26.9 Å². The van der Waals surface area contributed by atoms with Crippen LogP contribution in [0.25, 0.3) is 0 Å². The highest BCUT2D eigenvalue weighted by molar-refractivity contribution is 5.69. The number of nitrogens with zero attached hydrogens (tertiary/aromatic N) is 4. The number of hydrogen-bond donors (Lipinski definition) is 0. The third-order valence-corrected chi connectivity index (χ3v) is 0.418. The lowest BCUT2D eigenvalue weighted by Crippen LogP contribution is -2.05. The van der Waals surface area contributed by atoms with Crippen molar-refractivity contribution in [3.05, 3.63) is 0 Å². The van der Waals surface area contributed by atoms with Crippen LogP contribution in [0.1, 0.15) is 0 Å². The summed E-state index contributed by atoms with van der Waals surface area (Å²) < 4.78 is 84.3. The van der Waals surface area contributed by atoms with Crippen LogP contribution in [0.2, 0.25) is 0 Å². The Bertz CT molecular complexity index is 178. The van der Waals surface area contributed by atoms with E-state index < -0.39 is 22.9 Å². The van der Waals surface area contributed by atoms with Gasteiger partial charge in [0.15, 0.2) is 0 Å². The summed E-state index contributed by atoms with van der Waals surface area (Å²) in [6.07, 6.45) is -4.89. The summed E-state index contributed by atoms with van der Waals surface area (Å²) in [5, 5.41) is -2.11. The van der Waals surface area contributed by atoms with Gasteiger partial charge < -0.3 is 0 Å². The Balaban J connectivity index is 0. The number of rotatable bonds is 0. The van der Waals surface area contributed by atoms with Crippen LogP contribution in [-0.2, 0) is 0 Å². The van der Waals surface area contributed by atoms with E-state index in [-0.39, 0.29) is 0 Å². The van der Waals surface area contributed by atoms with E-state index in [9.17, 15) is 35.7 Å². The lowest BCUT2D eigenvalue weighted by Gasteiger charge is -1.87. The molecule has 0 aromatic rings. The topological polar surface area (TPSA) is 31.2 Å². The highest BCUT2D eigenvalue weighted by Gasteiger charge is 2.06. The lowest BCUT2D eigenvalue weighted by molar-refractivity contribution is -0.0865. The van der Waals surface area contributed by atoms with Crippen LogP contribution in [0.15, 0.2) is 10.4 Å². The zero-order valence-electron chi connectivity index (χ0n) is 5.81. The molecule has 0 unspecified atom stereocenters. The molecule has 14 heavy (non-hydrogen) atoms. The van der Waals surface area contributed by atoms with Crippen molar-refractivity contribution in [1.29, 1.82) is 0 Å². The summed E-state index contributed by atoms with van der Waals surface area (Å²) in [5.74, 6) is 0. The van der Waals surface area contributed by atoms with Crippen LogP contribution < -0.4 is 0 Å². The molecule has 0 aromatic heterocycles. The molecule has 0 N–H and O–H groups in total. The summed E-state index contributed by atoms with van der Waals surface area (Å²) in [6.45, 7) is 0. The summed E-state index contributed by atoms with van der Waals surface area (Å²) in [7, 11) is 0. The van der Waals surface area contributed by atoms with Crippen molar-refractivity contribution in [2.75, 3.05) is 0 Å². The smallest absolute Gasteiger partial charge is 0.156 e. The van der Waals surface area contributed by atoms with Crippen molar-refractivity contribution in [1.82, 2.24) is 10.7 Å². The minimum Gasteiger partial charge on any atom is -0.156 e. The molecule has 0 saturated carbocycles. The van der Waals surface area contributed by atoms with E-state index in [1.54, 1.807) is 0 Å². The van der Waals surface area contributed by atoms with Gasteiger partial charge in [0.05, 0.1) is 0 Å². The van der Waals surface area contributed by atoms with Gasteiger partial charge in [-0.2, -0.15) is 8.78 Å². The molecular formula is C2F8N4. The minimum absolute atomic E-state index is 1.01. The molecule has 0 aliphatic carbocycles. The molecule has 0 saturated heterocycles. The van der Waals surface area contributed by atoms with E-state index >= 15 is 0 Å². The largest absolute Gasteiger partial charge is 0.371 e. The molecule has 0 amide bonds. The maximum Gasteiger partial charge on any atom is 0.371 e. The fraction of sp³-hybridized carbons (Fsp3) is 0. The van der Waals surface area contributed by atoms with Gasteiger partial charge >= 0.3 is 12.2 Å². The van der Waals surface area contributed by atoms with Crippen molar-refractivity contribution < 1.29 is 35.7 Å². The Morgan fingerprint density at radius 3 is 0.929 bits per heavy atom. The number of amidine groups is 2. The highest BCUT2D eigenvalue weighted by Crippen LogP contribution is 1.94. The third kappa shape index (κ3) is 8.48. The van der Waals surface area contributed by atoms with E-state index in [1.165, 1.54) is 0 Å². The molecule has 0 bridgehead atoms. The monoisotopic (exact) mass is 232 g/mol. The quantitative estimate of drug-likeness (QED) is 0.211. The highest BCUT2D eigenvalue weighted by atomic mass is 19.4. The van der Waals surface area contributed by atoms with Crippen molar-refractivity contribution in [2.24, 2.45) is 10.4 Å². The number of hydrogen-bond acceptors (Lipinski definition) is 2. The van der Waals surface area contributed by atoms with Crippen LogP contribution in [-0.4, -0.2) is 22.9 Å². The predicted octanol–water partition coefficient (Wildman–Crippen LogP) is 2.53. The molecule has 0 aliphatic rings. The van der Waals surface area contributed by atoms with Crippen molar-refractivity contribution in [2.45, 2.75) is 0 Å². The van der Waals surface area contributed by atoms with Gasteiger partial charge in [-0.05, 0) is 10.4 Å². The SMILES string of the molecule is F/N=C(\F)N(F)F.F/N=C(\F)N(F)F. The molecule has 0 spiro atoms. The molecule has 0 aliphatic heterocycles. The molecule has 4 nitrogen and oxygen atoms in total. The second-order valence-corrected chi connectivity index (χ2v) is 1.17. The Morgan fingerprint density at radius 2 is 0.929 bits per heavy atom. The maximum atomic E-state index is 10.8. The van der Waals surface area contributed by atoms with Crippen LogP contribution in [0.5, 0.6) is 0 Å². The Hall–Kier alpha value is -1.62. The Kier molecular flexibility index (Phi) is 8.50. The summed E-state index contributed by atoms with van der Waals surface area (Å²) >= 11 is 0. The second kappa shape index (κ2) is 8.00. The Morgan fingerprint density at radius 1 is 0.714 bits per heavy atom. The molecule has 0 heterocycles. The van der Waals surface area contributed by atoms with E-state index in [0.717, 1.165) is 10.4 Å². The van der Waals surface area contributed by atoms with Gasteiger partial charge in [-0.25, -0.2) is 0 Å². The summed E-state index contributed by atoms with van der Waals surface area (Å²) in [5.41, 5.74) is 0. The van der Waals surface area contributed by atoms with Gasteiger partial charge in [-0.3, -0.25) is 0 Å². The molecule has 0 rings (SSSR count). The lowest BCUT2D eigenvalue weighted by atomic mass is 11.3. The van der Waals surface area contributed by atoms with Gasteiger partial charge in [-0.15, -0.1) is 0 Å². The first-order valence-corrected chi connectivity index (χ1v) is 2.29. The maximum absolute atomic E-state index is 10.8. The van der Waals surface area contributed by atoms with E-state index in [2.05, 4.69) is 0 Å². The van der Waals surface area contributed by atoms with Crippen molar-refractivity contribution in [3.8, 4) is 0 Å². The van der Waals surface area contributed by atoms with Crippen LogP contribution >= 0.6 is 0 Å². The van der Waals surface area contributed by atoms with Gasteiger partial charge in [0, 0.05) is 10.7 Å². The number of halogens is 8. The second-order valence-electron chi connectivity index (χ2n) is 1.17. The standard InChI is InChI=1S/2CF4N2/c2*2-1(6-3)7(4)5/b2*6-1+. The zero-order chi connectivity index (χ0) is 11.7. The first kappa shape index (κ1) is 14.9. The summed E-state index contributed by atoms with van der Waals surface area (Å²) in [4.78, 5) is 0. The molecule has 0 radical (unpaired) electrons. The predicted molar refractivity (Wildman–Crippen MR) is 27.4 cm³/mol. The Labute approximate surface area is 70.4 Å². The van der Waals surface area contributed by atoms with Gasteiger partial charge in [0.25, 0.3) is 0 Å². The minimum atomic E-state index is -2.44. The fourth-order valence-electron chi connectivity index (χ4n) is 0.0571. The molecular weight excluding hydrogens is 232 g/mol. The van der Waals surface area contributed by atoms with Crippen molar-refractivity contribution >= 4 is 12.2 Å². The van der Waals surface area contributed by atoms with Crippen LogP contribution in [0, 0.1) is 0 Å². The first-order chi connectivity index (χ1) is 6.36. The van der Waals surface area contributed by atoms with Crippen molar-refractivity contribution in [3.63, 3.8) is 0 Å². The molecule has 0 aromatic carbocycles. The van der Waals surface area contributed by atoms with Crippen LogP contribution in [0.4, 0.5) is 35.7 Å². The van der Waals surface area contributed by atoms with Crippen LogP contribution in [0.3, 0.4) is 0 Å².